The Hall–Kier alpha value is -1.58. The second-order valence-corrected chi connectivity index (χ2v) is 4.66. The molecule has 1 unspecified atom stereocenters. The minimum absolute atomic E-state index is 0.190. The molecule has 0 aliphatic rings. The highest BCUT2D eigenvalue weighted by molar-refractivity contribution is 6.31. The summed E-state index contributed by atoms with van der Waals surface area (Å²) in [6.45, 7) is 1.91. The monoisotopic (exact) mass is 279 g/mol. The molecular formula is C15H15ClFNO. The molecule has 0 aliphatic heterocycles. The first-order valence-electron chi connectivity index (χ1n) is 5.99. The van der Waals surface area contributed by atoms with Crippen LogP contribution in [-0.2, 0) is 0 Å². The highest BCUT2D eigenvalue weighted by Gasteiger charge is 2.17. The summed E-state index contributed by atoms with van der Waals surface area (Å²) < 4.78 is 19.6. The summed E-state index contributed by atoms with van der Waals surface area (Å²) in [7, 11) is 0. The Morgan fingerprint density at radius 3 is 2.63 bits per heavy atom. The Balaban J connectivity index is 2.30. The zero-order chi connectivity index (χ0) is 13.8. The molecule has 0 spiro atoms. The number of aryl methyl sites for hydroxylation is 1. The van der Waals surface area contributed by atoms with Gasteiger partial charge >= 0.3 is 0 Å². The number of hydrogen-bond acceptors (Lipinski definition) is 2. The summed E-state index contributed by atoms with van der Waals surface area (Å²) in [5, 5.41) is 0.561. The van der Waals surface area contributed by atoms with E-state index in [0.29, 0.717) is 10.6 Å². The molecule has 0 radical (unpaired) electrons. The molecule has 0 aromatic heterocycles. The Morgan fingerprint density at radius 1 is 1.21 bits per heavy atom. The van der Waals surface area contributed by atoms with Crippen molar-refractivity contribution in [3.05, 3.63) is 64.4 Å². The molecule has 4 heteroatoms. The summed E-state index contributed by atoms with van der Waals surface area (Å²) >= 11 is 6.11. The van der Waals surface area contributed by atoms with Gasteiger partial charge in [-0.1, -0.05) is 41.9 Å². The van der Waals surface area contributed by atoms with Crippen molar-refractivity contribution < 1.29 is 9.13 Å². The number of halogens is 2. The first-order chi connectivity index (χ1) is 9.13. The third kappa shape index (κ3) is 3.06. The van der Waals surface area contributed by atoms with Crippen molar-refractivity contribution in [2.24, 2.45) is 5.73 Å². The van der Waals surface area contributed by atoms with Crippen molar-refractivity contribution in [2.45, 2.75) is 13.0 Å². The number of benzene rings is 2. The van der Waals surface area contributed by atoms with E-state index in [1.54, 1.807) is 31.2 Å². The van der Waals surface area contributed by atoms with Crippen molar-refractivity contribution in [3.8, 4) is 5.75 Å². The Labute approximate surface area is 117 Å². The van der Waals surface area contributed by atoms with Crippen LogP contribution in [0.2, 0.25) is 5.02 Å². The molecule has 100 valence electrons. The maximum atomic E-state index is 13.9. The predicted octanol–water partition coefficient (Wildman–Crippen LogP) is 3.87. The van der Waals surface area contributed by atoms with Crippen LogP contribution in [0.4, 0.5) is 4.39 Å². The second kappa shape index (κ2) is 6.04. The zero-order valence-corrected chi connectivity index (χ0v) is 11.3. The van der Waals surface area contributed by atoms with Crippen molar-refractivity contribution in [2.75, 3.05) is 6.54 Å². The van der Waals surface area contributed by atoms with Crippen LogP contribution >= 0.6 is 11.6 Å². The molecule has 2 aromatic carbocycles. The lowest BCUT2D eigenvalue weighted by Crippen LogP contribution is -2.19. The van der Waals surface area contributed by atoms with Gasteiger partial charge in [-0.2, -0.15) is 0 Å². The van der Waals surface area contributed by atoms with Gasteiger partial charge in [-0.3, -0.25) is 0 Å². The molecule has 2 N–H and O–H groups in total. The van der Waals surface area contributed by atoms with E-state index in [-0.39, 0.29) is 18.1 Å². The standard InChI is InChI=1S/C15H15ClFNO/c1-10-5-4-8-13(15(10)17)19-14(9-18)11-6-2-3-7-12(11)16/h2-8,14H,9,18H2,1H3. The first-order valence-corrected chi connectivity index (χ1v) is 6.37. The molecule has 0 saturated heterocycles. The molecule has 0 saturated carbocycles. The molecule has 2 nitrogen and oxygen atoms in total. The van der Waals surface area contributed by atoms with Crippen LogP contribution in [0.25, 0.3) is 0 Å². The summed E-state index contributed by atoms with van der Waals surface area (Å²) in [6.07, 6.45) is -0.468. The van der Waals surface area contributed by atoms with Crippen LogP contribution in [0.3, 0.4) is 0 Å². The largest absolute Gasteiger partial charge is 0.481 e. The normalized spacial score (nSPS) is 12.2. The number of ether oxygens (including phenoxy) is 1. The average molecular weight is 280 g/mol. The van der Waals surface area contributed by atoms with Gasteiger partial charge in [0, 0.05) is 17.1 Å². The SMILES string of the molecule is Cc1cccc(OC(CN)c2ccccc2Cl)c1F. The molecular weight excluding hydrogens is 265 g/mol. The van der Waals surface area contributed by atoms with Gasteiger partial charge in [0.2, 0.25) is 0 Å². The van der Waals surface area contributed by atoms with E-state index in [1.165, 1.54) is 0 Å². The van der Waals surface area contributed by atoms with E-state index in [9.17, 15) is 4.39 Å². The average Bonchev–Trinajstić information content (AvgIpc) is 2.41. The van der Waals surface area contributed by atoms with E-state index in [1.807, 2.05) is 18.2 Å². The first kappa shape index (κ1) is 13.8. The lowest BCUT2D eigenvalue weighted by Gasteiger charge is -2.19. The van der Waals surface area contributed by atoms with Crippen molar-refractivity contribution in [3.63, 3.8) is 0 Å². The smallest absolute Gasteiger partial charge is 0.167 e. The van der Waals surface area contributed by atoms with E-state index >= 15 is 0 Å². The van der Waals surface area contributed by atoms with E-state index in [4.69, 9.17) is 22.1 Å². The maximum absolute atomic E-state index is 13.9. The summed E-state index contributed by atoms with van der Waals surface area (Å²) in [6, 6.07) is 12.3. The fraction of sp³-hybridized carbons (Fsp3) is 0.200. The van der Waals surface area contributed by atoms with E-state index in [0.717, 1.165) is 5.56 Å². The third-order valence-electron chi connectivity index (χ3n) is 2.89. The van der Waals surface area contributed by atoms with Crippen molar-refractivity contribution >= 4 is 11.6 Å². The fourth-order valence-electron chi connectivity index (χ4n) is 1.84. The van der Waals surface area contributed by atoms with E-state index < -0.39 is 6.10 Å². The molecule has 0 aliphatic carbocycles. The highest BCUT2D eigenvalue weighted by Crippen LogP contribution is 2.29. The topological polar surface area (TPSA) is 35.2 Å². The van der Waals surface area contributed by atoms with Crippen LogP contribution in [0.1, 0.15) is 17.2 Å². The Morgan fingerprint density at radius 2 is 1.95 bits per heavy atom. The fourth-order valence-corrected chi connectivity index (χ4v) is 2.10. The lowest BCUT2D eigenvalue weighted by atomic mass is 10.1. The highest BCUT2D eigenvalue weighted by atomic mass is 35.5. The molecule has 2 rings (SSSR count). The van der Waals surface area contributed by atoms with Crippen LogP contribution < -0.4 is 10.5 Å². The van der Waals surface area contributed by atoms with Gasteiger partial charge < -0.3 is 10.5 Å². The third-order valence-corrected chi connectivity index (χ3v) is 3.24. The van der Waals surface area contributed by atoms with E-state index in [2.05, 4.69) is 0 Å². The molecule has 0 fully saturated rings. The minimum Gasteiger partial charge on any atom is -0.481 e. The molecule has 1 atom stereocenters. The van der Waals surface area contributed by atoms with Gasteiger partial charge in [-0.05, 0) is 24.6 Å². The van der Waals surface area contributed by atoms with Crippen LogP contribution in [0.5, 0.6) is 5.75 Å². The Kier molecular flexibility index (Phi) is 4.40. The molecule has 2 aromatic rings. The van der Waals surface area contributed by atoms with Crippen molar-refractivity contribution in [1.82, 2.24) is 0 Å². The van der Waals surface area contributed by atoms with Crippen LogP contribution in [0.15, 0.2) is 42.5 Å². The van der Waals surface area contributed by atoms with Gasteiger partial charge in [0.1, 0.15) is 6.10 Å². The van der Waals surface area contributed by atoms with Crippen molar-refractivity contribution in [1.29, 1.82) is 0 Å². The number of nitrogens with two attached hydrogens (primary N) is 1. The van der Waals surface area contributed by atoms with Gasteiger partial charge in [0.25, 0.3) is 0 Å². The molecule has 19 heavy (non-hydrogen) atoms. The van der Waals surface area contributed by atoms with Gasteiger partial charge in [0.15, 0.2) is 11.6 Å². The maximum Gasteiger partial charge on any atom is 0.167 e. The van der Waals surface area contributed by atoms with Gasteiger partial charge in [-0.25, -0.2) is 4.39 Å². The molecule has 0 amide bonds. The molecule has 0 bridgehead atoms. The second-order valence-electron chi connectivity index (χ2n) is 4.25. The predicted molar refractivity (Wildman–Crippen MR) is 75.0 cm³/mol. The van der Waals surface area contributed by atoms with Crippen LogP contribution in [0, 0.1) is 12.7 Å². The van der Waals surface area contributed by atoms with Crippen LogP contribution in [-0.4, -0.2) is 6.54 Å². The zero-order valence-electron chi connectivity index (χ0n) is 10.6. The summed E-state index contributed by atoms with van der Waals surface area (Å²) in [5.41, 5.74) is 7.00. The number of rotatable bonds is 4. The van der Waals surface area contributed by atoms with Gasteiger partial charge in [0.05, 0.1) is 0 Å². The summed E-state index contributed by atoms with van der Waals surface area (Å²) in [5.74, 6) is -0.177. The quantitative estimate of drug-likeness (QED) is 0.922. The summed E-state index contributed by atoms with van der Waals surface area (Å²) in [4.78, 5) is 0. The molecule has 0 heterocycles. The minimum atomic E-state index is -0.468. The van der Waals surface area contributed by atoms with Gasteiger partial charge in [-0.15, -0.1) is 0 Å². The Bertz CT molecular complexity index is 574. The number of hydrogen-bond donors (Lipinski definition) is 1. The lowest BCUT2D eigenvalue weighted by molar-refractivity contribution is 0.204.